The van der Waals surface area contributed by atoms with Gasteiger partial charge < -0.3 is 9.26 Å². The first-order chi connectivity index (χ1) is 12.1. The lowest BCUT2D eigenvalue weighted by atomic mass is 10.1. The van der Waals surface area contributed by atoms with E-state index in [2.05, 4.69) is 16.7 Å². The van der Waals surface area contributed by atoms with E-state index in [-0.39, 0.29) is 12.5 Å². The number of amides is 1. The van der Waals surface area contributed by atoms with Crippen LogP contribution in [0.4, 0.5) is 5.13 Å². The van der Waals surface area contributed by atoms with Crippen molar-refractivity contribution in [1.82, 2.24) is 10.1 Å². The predicted molar refractivity (Wildman–Crippen MR) is 96.7 cm³/mol. The highest BCUT2D eigenvalue weighted by molar-refractivity contribution is 7.14. The van der Waals surface area contributed by atoms with E-state index in [0.717, 1.165) is 22.7 Å². The number of carbonyl (C=O) groups excluding carboxylic acids is 1. The van der Waals surface area contributed by atoms with Crippen LogP contribution in [-0.2, 0) is 11.3 Å². The third kappa shape index (κ3) is 3.61. The van der Waals surface area contributed by atoms with Gasteiger partial charge in [0.05, 0.1) is 25.0 Å². The molecule has 7 heteroatoms. The molecule has 0 aliphatic rings. The highest BCUT2D eigenvalue weighted by Gasteiger charge is 2.20. The van der Waals surface area contributed by atoms with Crippen LogP contribution >= 0.6 is 11.3 Å². The van der Waals surface area contributed by atoms with Gasteiger partial charge in [-0.05, 0) is 25.1 Å². The zero-order valence-electron chi connectivity index (χ0n) is 13.9. The first-order valence-electron chi connectivity index (χ1n) is 7.57. The molecule has 1 aromatic carbocycles. The number of carbonyl (C=O) groups is 1. The Kier molecular flexibility index (Phi) is 4.95. The van der Waals surface area contributed by atoms with Crippen LogP contribution in [0.1, 0.15) is 11.5 Å². The number of hydrogen-bond acceptors (Lipinski definition) is 6. The van der Waals surface area contributed by atoms with E-state index in [1.807, 2.05) is 36.6 Å². The van der Waals surface area contributed by atoms with Crippen LogP contribution in [-0.4, -0.2) is 23.2 Å². The van der Waals surface area contributed by atoms with E-state index in [9.17, 15) is 4.79 Å². The molecule has 0 aliphatic heterocycles. The van der Waals surface area contributed by atoms with Crippen molar-refractivity contribution in [2.45, 2.75) is 13.5 Å². The Morgan fingerprint density at radius 3 is 2.92 bits per heavy atom. The van der Waals surface area contributed by atoms with Crippen LogP contribution in [0.2, 0.25) is 0 Å². The van der Waals surface area contributed by atoms with E-state index >= 15 is 0 Å². The summed E-state index contributed by atoms with van der Waals surface area (Å²) in [6.45, 7) is 5.64. The van der Waals surface area contributed by atoms with Gasteiger partial charge in [0, 0.05) is 17.0 Å². The molecule has 0 spiro atoms. The van der Waals surface area contributed by atoms with E-state index in [1.165, 1.54) is 22.3 Å². The number of methoxy groups -OCH3 is 1. The average Bonchev–Trinajstić information content (AvgIpc) is 3.28. The minimum atomic E-state index is -0.255. The molecular formula is C18H17N3O3S. The van der Waals surface area contributed by atoms with Crippen molar-refractivity contribution in [1.29, 1.82) is 0 Å². The van der Waals surface area contributed by atoms with Crippen molar-refractivity contribution >= 4 is 22.4 Å². The number of benzene rings is 1. The third-order valence-electron chi connectivity index (χ3n) is 3.54. The molecule has 3 aromatic rings. The summed E-state index contributed by atoms with van der Waals surface area (Å²) in [6.07, 6.45) is 1.26. The zero-order chi connectivity index (χ0) is 17.8. The van der Waals surface area contributed by atoms with Gasteiger partial charge in [0.1, 0.15) is 5.75 Å². The Hall–Kier alpha value is -2.93. The number of nitrogens with zero attached hydrogens (tertiary/aromatic N) is 3. The summed E-state index contributed by atoms with van der Waals surface area (Å²) in [5.41, 5.74) is 2.37. The fourth-order valence-corrected chi connectivity index (χ4v) is 3.19. The molecular weight excluding hydrogens is 338 g/mol. The van der Waals surface area contributed by atoms with Gasteiger partial charge in [-0.15, -0.1) is 11.3 Å². The number of aryl methyl sites for hydroxylation is 1. The summed E-state index contributed by atoms with van der Waals surface area (Å²) in [7, 11) is 1.62. The molecule has 0 fully saturated rings. The fraction of sp³-hybridized carbons (Fsp3) is 0.167. The van der Waals surface area contributed by atoms with Gasteiger partial charge in [0.2, 0.25) is 0 Å². The predicted octanol–water partition coefficient (Wildman–Crippen LogP) is 3.83. The molecule has 6 nitrogen and oxygen atoms in total. The van der Waals surface area contributed by atoms with Crippen LogP contribution in [0.5, 0.6) is 5.75 Å². The lowest BCUT2D eigenvalue weighted by Gasteiger charge is -2.16. The molecule has 0 bridgehead atoms. The Bertz CT molecular complexity index is 900. The number of aromatic nitrogens is 2. The van der Waals surface area contributed by atoms with Gasteiger partial charge in [-0.3, -0.25) is 9.69 Å². The Morgan fingerprint density at radius 1 is 1.44 bits per heavy atom. The van der Waals surface area contributed by atoms with Crippen molar-refractivity contribution in [3.8, 4) is 17.0 Å². The molecule has 1 amide bonds. The van der Waals surface area contributed by atoms with Crippen molar-refractivity contribution in [3.05, 3.63) is 59.8 Å². The maximum atomic E-state index is 12.3. The van der Waals surface area contributed by atoms with E-state index in [1.54, 1.807) is 13.2 Å². The molecule has 25 heavy (non-hydrogen) atoms. The molecule has 2 heterocycles. The van der Waals surface area contributed by atoms with Crippen molar-refractivity contribution < 1.29 is 14.1 Å². The van der Waals surface area contributed by atoms with Crippen LogP contribution < -0.4 is 9.64 Å². The quantitative estimate of drug-likeness (QED) is 0.629. The molecule has 0 saturated carbocycles. The summed E-state index contributed by atoms with van der Waals surface area (Å²) in [5, 5.41) is 6.30. The number of thiazole rings is 1. The number of ether oxygens (including phenoxy) is 1. The average molecular weight is 355 g/mol. The second kappa shape index (κ2) is 7.31. The Labute approximate surface area is 149 Å². The second-order valence-corrected chi connectivity index (χ2v) is 6.12. The van der Waals surface area contributed by atoms with E-state index in [0.29, 0.717) is 10.9 Å². The van der Waals surface area contributed by atoms with Gasteiger partial charge in [0.15, 0.2) is 10.9 Å². The normalized spacial score (nSPS) is 10.5. The number of anilines is 1. The SMILES string of the molecule is C=CC(=O)N(Cc1cc(C)no1)c1nc(-c2ccccc2OC)cs1. The standard InChI is InChI=1S/C18H17N3O3S/c1-4-17(22)21(10-13-9-12(2)20-24-13)18-19-15(11-25-18)14-7-5-6-8-16(14)23-3/h4-9,11H,1,10H2,2-3H3. The molecule has 128 valence electrons. The van der Waals surface area contributed by atoms with Gasteiger partial charge in [-0.1, -0.05) is 23.9 Å². The zero-order valence-corrected chi connectivity index (χ0v) is 14.7. The van der Waals surface area contributed by atoms with E-state index in [4.69, 9.17) is 9.26 Å². The van der Waals surface area contributed by atoms with Crippen LogP contribution in [0, 0.1) is 6.92 Å². The molecule has 0 unspecified atom stereocenters. The maximum Gasteiger partial charge on any atom is 0.252 e. The Morgan fingerprint density at radius 2 is 2.24 bits per heavy atom. The lowest BCUT2D eigenvalue weighted by molar-refractivity contribution is -0.114. The third-order valence-corrected chi connectivity index (χ3v) is 4.40. The van der Waals surface area contributed by atoms with Crippen LogP contribution in [0.15, 0.2) is 52.9 Å². The molecule has 0 N–H and O–H groups in total. The molecule has 0 atom stereocenters. The highest BCUT2D eigenvalue weighted by Crippen LogP contribution is 2.33. The van der Waals surface area contributed by atoms with Crippen molar-refractivity contribution in [2.75, 3.05) is 12.0 Å². The molecule has 0 aliphatic carbocycles. The van der Waals surface area contributed by atoms with Gasteiger partial charge in [-0.25, -0.2) is 4.98 Å². The topological polar surface area (TPSA) is 68.5 Å². The summed E-state index contributed by atoms with van der Waals surface area (Å²) in [4.78, 5) is 18.4. The smallest absolute Gasteiger partial charge is 0.252 e. The van der Waals surface area contributed by atoms with Crippen LogP contribution in [0.3, 0.4) is 0 Å². The fourth-order valence-electron chi connectivity index (χ4n) is 2.36. The summed E-state index contributed by atoms with van der Waals surface area (Å²) < 4.78 is 10.6. The minimum absolute atomic E-state index is 0.241. The number of rotatable bonds is 6. The molecule has 0 saturated heterocycles. The Balaban J connectivity index is 1.93. The monoisotopic (exact) mass is 355 g/mol. The molecule has 0 radical (unpaired) electrons. The summed E-state index contributed by atoms with van der Waals surface area (Å²) >= 11 is 1.37. The van der Waals surface area contributed by atoms with Crippen LogP contribution in [0.25, 0.3) is 11.3 Å². The van der Waals surface area contributed by atoms with Gasteiger partial charge in [-0.2, -0.15) is 0 Å². The first-order valence-corrected chi connectivity index (χ1v) is 8.45. The second-order valence-electron chi connectivity index (χ2n) is 5.28. The van der Waals surface area contributed by atoms with Gasteiger partial charge >= 0.3 is 0 Å². The largest absolute Gasteiger partial charge is 0.496 e. The molecule has 3 rings (SSSR count). The highest BCUT2D eigenvalue weighted by atomic mass is 32.1. The van der Waals surface area contributed by atoms with Crippen molar-refractivity contribution in [2.24, 2.45) is 0 Å². The van der Waals surface area contributed by atoms with E-state index < -0.39 is 0 Å². The number of para-hydroxylation sites is 1. The van der Waals surface area contributed by atoms with Gasteiger partial charge in [0.25, 0.3) is 5.91 Å². The number of hydrogen-bond donors (Lipinski definition) is 0. The summed E-state index contributed by atoms with van der Waals surface area (Å²) in [5.74, 6) is 1.06. The first kappa shape index (κ1) is 16.9. The maximum absolute atomic E-state index is 12.3. The minimum Gasteiger partial charge on any atom is -0.496 e. The lowest BCUT2D eigenvalue weighted by Crippen LogP contribution is -2.28. The molecule has 2 aromatic heterocycles. The van der Waals surface area contributed by atoms with Crippen molar-refractivity contribution in [3.63, 3.8) is 0 Å². The summed E-state index contributed by atoms with van der Waals surface area (Å²) in [6, 6.07) is 9.41.